The second-order valence-electron chi connectivity index (χ2n) is 4.05. The Kier molecular flexibility index (Phi) is 4.24. The second kappa shape index (κ2) is 6.09. The monoisotopic (exact) mass is 295 g/mol. The quantitative estimate of drug-likeness (QED) is 0.443. The van der Waals surface area contributed by atoms with Gasteiger partial charge in [-0.2, -0.15) is 0 Å². The van der Waals surface area contributed by atoms with Gasteiger partial charge >= 0.3 is 5.69 Å². The first-order chi connectivity index (χ1) is 10.0. The third kappa shape index (κ3) is 3.39. The van der Waals surface area contributed by atoms with Gasteiger partial charge in [-0.3, -0.25) is 10.1 Å². The summed E-state index contributed by atoms with van der Waals surface area (Å²) in [5, 5.41) is 13.5. The van der Waals surface area contributed by atoms with Gasteiger partial charge in [-0.15, -0.1) is 0 Å². The second-order valence-corrected chi connectivity index (χ2v) is 4.05. The molecule has 2 aromatic rings. The topological polar surface area (TPSA) is 106 Å². The molecule has 0 unspecified atom stereocenters. The molecule has 0 aliphatic heterocycles. The van der Waals surface area contributed by atoms with E-state index in [-0.39, 0.29) is 29.4 Å². The molecule has 0 amide bonds. The number of nitrogens with zero attached hydrogens (tertiary/aromatic N) is 2. The minimum Gasteiger partial charge on any atom is -0.360 e. The smallest absolute Gasteiger partial charge is 0.311 e. The Morgan fingerprint density at radius 3 is 2.67 bits per heavy atom. The Balaban J connectivity index is 2.24. The Labute approximate surface area is 117 Å². The summed E-state index contributed by atoms with van der Waals surface area (Å²) in [4.78, 5) is 14.2. The fourth-order valence-corrected chi connectivity index (χ4v) is 1.65. The zero-order valence-corrected chi connectivity index (χ0v) is 10.6. The first-order valence-corrected chi connectivity index (χ1v) is 5.81. The van der Waals surface area contributed by atoms with Crippen LogP contribution in [0.1, 0.15) is 5.56 Å². The molecular weight excluding hydrogens is 284 g/mol. The molecule has 0 bridgehead atoms. The van der Waals surface area contributed by atoms with Crippen molar-refractivity contribution in [2.75, 3.05) is 10.7 Å². The summed E-state index contributed by atoms with van der Waals surface area (Å²) in [5.74, 6) is 3.87. The van der Waals surface area contributed by atoms with E-state index in [9.17, 15) is 18.9 Å². The highest BCUT2D eigenvalue weighted by Gasteiger charge is 2.16. The lowest BCUT2D eigenvalue weighted by molar-refractivity contribution is -0.384. The standard InChI is InChI=1S/C12H11F2N5O2/c13-8-2-1-7(9(14)5-8)6-16-12-10(19(20)21)3-4-11(17-12)18-15/h1-5H,6,15H2,(H2,16,17,18). The normalized spacial score (nSPS) is 10.2. The maximum Gasteiger partial charge on any atom is 0.311 e. The average Bonchev–Trinajstić information content (AvgIpc) is 2.45. The summed E-state index contributed by atoms with van der Waals surface area (Å²) in [5.41, 5.74) is 2.12. The van der Waals surface area contributed by atoms with E-state index in [2.05, 4.69) is 15.7 Å². The fourth-order valence-electron chi connectivity index (χ4n) is 1.65. The molecule has 21 heavy (non-hydrogen) atoms. The Hall–Kier alpha value is -2.81. The molecule has 1 aromatic heterocycles. The van der Waals surface area contributed by atoms with Gasteiger partial charge in [-0.25, -0.2) is 19.6 Å². The van der Waals surface area contributed by atoms with E-state index >= 15 is 0 Å². The number of nitrogen functional groups attached to an aromatic ring is 1. The molecule has 9 heteroatoms. The van der Waals surface area contributed by atoms with E-state index in [4.69, 9.17) is 5.84 Å². The van der Waals surface area contributed by atoms with Gasteiger partial charge in [0.25, 0.3) is 0 Å². The van der Waals surface area contributed by atoms with Gasteiger partial charge in [0.15, 0.2) is 0 Å². The molecule has 0 saturated carbocycles. The van der Waals surface area contributed by atoms with E-state index in [1.807, 2.05) is 0 Å². The lowest BCUT2D eigenvalue weighted by Crippen LogP contribution is -2.11. The molecule has 0 saturated heterocycles. The van der Waals surface area contributed by atoms with E-state index in [0.29, 0.717) is 0 Å². The summed E-state index contributed by atoms with van der Waals surface area (Å²) in [6.45, 7) is -0.0893. The van der Waals surface area contributed by atoms with E-state index in [1.54, 1.807) is 0 Å². The van der Waals surface area contributed by atoms with Crippen LogP contribution in [0.3, 0.4) is 0 Å². The number of halogens is 2. The molecular formula is C12H11F2N5O2. The fraction of sp³-hybridized carbons (Fsp3) is 0.0833. The highest BCUT2D eigenvalue weighted by Crippen LogP contribution is 2.24. The number of nitrogens with two attached hydrogens (primary N) is 1. The lowest BCUT2D eigenvalue weighted by atomic mass is 10.2. The Bertz CT molecular complexity index is 681. The summed E-state index contributed by atoms with van der Waals surface area (Å²) in [7, 11) is 0. The largest absolute Gasteiger partial charge is 0.360 e. The zero-order valence-electron chi connectivity index (χ0n) is 10.6. The number of benzene rings is 1. The van der Waals surface area contributed by atoms with Crippen molar-refractivity contribution in [3.8, 4) is 0 Å². The van der Waals surface area contributed by atoms with Crippen molar-refractivity contribution in [3.05, 3.63) is 57.6 Å². The van der Waals surface area contributed by atoms with Gasteiger partial charge in [-0.05, 0) is 12.1 Å². The molecule has 0 atom stereocenters. The minimum atomic E-state index is -0.752. The van der Waals surface area contributed by atoms with Crippen molar-refractivity contribution >= 4 is 17.3 Å². The van der Waals surface area contributed by atoms with Gasteiger partial charge in [0.05, 0.1) is 4.92 Å². The maximum atomic E-state index is 13.5. The van der Waals surface area contributed by atoms with Crippen LogP contribution in [0, 0.1) is 21.7 Å². The molecule has 0 aliphatic carbocycles. The SMILES string of the molecule is NNc1ccc([N+](=O)[O-])c(NCc2ccc(F)cc2F)n1. The van der Waals surface area contributed by atoms with Crippen LogP contribution in [-0.2, 0) is 6.54 Å². The first kappa shape index (κ1) is 14.6. The van der Waals surface area contributed by atoms with Crippen LogP contribution in [0.4, 0.5) is 26.1 Å². The number of hydrogen-bond acceptors (Lipinski definition) is 6. The first-order valence-electron chi connectivity index (χ1n) is 5.81. The van der Waals surface area contributed by atoms with Crippen LogP contribution >= 0.6 is 0 Å². The minimum absolute atomic E-state index is 0.0702. The predicted molar refractivity (Wildman–Crippen MR) is 72.4 cm³/mol. The van der Waals surface area contributed by atoms with Crippen LogP contribution in [-0.4, -0.2) is 9.91 Å². The molecule has 7 nitrogen and oxygen atoms in total. The zero-order chi connectivity index (χ0) is 15.4. The average molecular weight is 295 g/mol. The van der Waals surface area contributed by atoms with E-state index < -0.39 is 16.6 Å². The summed E-state index contributed by atoms with van der Waals surface area (Å²) in [6, 6.07) is 5.62. The summed E-state index contributed by atoms with van der Waals surface area (Å²) in [6.07, 6.45) is 0. The summed E-state index contributed by atoms with van der Waals surface area (Å²) >= 11 is 0. The van der Waals surface area contributed by atoms with Gasteiger partial charge < -0.3 is 10.7 Å². The van der Waals surface area contributed by atoms with Gasteiger partial charge in [0.2, 0.25) is 5.82 Å². The van der Waals surface area contributed by atoms with Crippen molar-refractivity contribution in [2.24, 2.45) is 5.84 Å². The molecule has 4 N–H and O–H groups in total. The number of hydrazine groups is 1. The number of rotatable bonds is 5. The molecule has 0 spiro atoms. The molecule has 0 aliphatic rings. The number of nitrogens with one attached hydrogen (secondary N) is 2. The molecule has 0 fully saturated rings. The lowest BCUT2D eigenvalue weighted by Gasteiger charge is -2.08. The van der Waals surface area contributed by atoms with Crippen LogP contribution < -0.4 is 16.6 Å². The summed E-state index contributed by atoms with van der Waals surface area (Å²) < 4.78 is 26.3. The van der Waals surface area contributed by atoms with Gasteiger partial charge in [0.1, 0.15) is 17.5 Å². The number of hydrogen-bond donors (Lipinski definition) is 3. The van der Waals surface area contributed by atoms with Crippen LogP contribution in [0.25, 0.3) is 0 Å². The van der Waals surface area contributed by atoms with Gasteiger partial charge in [-0.1, -0.05) is 6.07 Å². The Morgan fingerprint density at radius 2 is 2.05 bits per heavy atom. The van der Waals surface area contributed by atoms with Crippen molar-refractivity contribution in [1.29, 1.82) is 0 Å². The third-order valence-corrected chi connectivity index (χ3v) is 2.68. The molecule has 2 rings (SSSR count). The number of aromatic nitrogens is 1. The maximum absolute atomic E-state index is 13.5. The molecule has 0 radical (unpaired) electrons. The van der Waals surface area contributed by atoms with Crippen molar-refractivity contribution in [2.45, 2.75) is 6.54 Å². The van der Waals surface area contributed by atoms with E-state index in [1.165, 1.54) is 18.2 Å². The highest BCUT2D eigenvalue weighted by atomic mass is 19.1. The third-order valence-electron chi connectivity index (χ3n) is 2.68. The van der Waals surface area contributed by atoms with Crippen LogP contribution in [0.2, 0.25) is 0 Å². The molecule has 110 valence electrons. The Morgan fingerprint density at radius 1 is 1.29 bits per heavy atom. The van der Waals surface area contributed by atoms with Gasteiger partial charge in [0, 0.05) is 24.2 Å². The number of pyridine rings is 1. The van der Waals surface area contributed by atoms with Crippen LogP contribution in [0.15, 0.2) is 30.3 Å². The van der Waals surface area contributed by atoms with Crippen LogP contribution in [0.5, 0.6) is 0 Å². The number of nitro groups is 1. The molecule has 1 heterocycles. The van der Waals surface area contributed by atoms with E-state index in [0.717, 1.165) is 12.1 Å². The van der Waals surface area contributed by atoms with Crippen molar-refractivity contribution in [1.82, 2.24) is 4.98 Å². The predicted octanol–water partition coefficient (Wildman–Crippen LogP) is 2.17. The highest BCUT2D eigenvalue weighted by molar-refractivity contribution is 5.60. The molecule has 1 aromatic carbocycles. The van der Waals surface area contributed by atoms with Crippen molar-refractivity contribution in [3.63, 3.8) is 0 Å². The number of anilines is 2. The van der Waals surface area contributed by atoms with Crippen molar-refractivity contribution < 1.29 is 13.7 Å².